The smallest absolute Gasteiger partial charge is 0.311 e. The molecule has 0 aliphatic heterocycles. The number of ether oxygens (including phenoxy) is 1. The molecule has 0 saturated heterocycles. The van der Waals surface area contributed by atoms with Crippen LogP contribution < -0.4 is 10.1 Å². The summed E-state index contributed by atoms with van der Waals surface area (Å²) in [6, 6.07) is 6.14. The van der Waals surface area contributed by atoms with Crippen molar-refractivity contribution in [2.24, 2.45) is 0 Å². The van der Waals surface area contributed by atoms with Crippen LogP contribution in [0.1, 0.15) is 57.1 Å². The van der Waals surface area contributed by atoms with Crippen LogP contribution in [0.4, 0.5) is 5.69 Å². The fourth-order valence-electron chi connectivity index (χ4n) is 2.46. The second-order valence-corrected chi connectivity index (χ2v) is 7.47. The summed E-state index contributed by atoms with van der Waals surface area (Å²) in [5.41, 5.74) is 0.144. The lowest BCUT2D eigenvalue weighted by atomic mass is 10.1. The van der Waals surface area contributed by atoms with Crippen molar-refractivity contribution in [3.63, 3.8) is 0 Å². The fraction of sp³-hybridized carbons (Fsp3) is 0.474. The zero-order valence-corrected chi connectivity index (χ0v) is 16.6. The highest BCUT2D eigenvalue weighted by atomic mass is 16.6. The van der Waals surface area contributed by atoms with Gasteiger partial charge in [0.1, 0.15) is 0 Å². The van der Waals surface area contributed by atoms with E-state index in [0.717, 1.165) is 6.42 Å². The van der Waals surface area contributed by atoms with Crippen molar-refractivity contribution >= 4 is 11.6 Å². The third-order valence-corrected chi connectivity index (χ3v) is 4.18. The molecule has 2 aromatic rings. The van der Waals surface area contributed by atoms with Crippen molar-refractivity contribution in [2.75, 3.05) is 0 Å². The first-order valence-electron chi connectivity index (χ1n) is 8.88. The summed E-state index contributed by atoms with van der Waals surface area (Å²) >= 11 is 0. The van der Waals surface area contributed by atoms with Gasteiger partial charge in [-0.15, -0.1) is 0 Å². The second kappa shape index (κ2) is 7.77. The number of amides is 1. The average molecular weight is 374 g/mol. The van der Waals surface area contributed by atoms with Gasteiger partial charge in [0, 0.05) is 17.7 Å². The number of hydrogen-bond donors (Lipinski definition) is 1. The topological polar surface area (TPSA) is 99.3 Å². The molecular weight excluding hydrogens is 348 g/mol. The van der Waals surface area contributed by atoms with Crippen LogP contribution in [-0.2, 0) is 5.54 Å². The van der Waals surface area contributed by atoms with Gasteiger partial charge >= 0.3 is 5.69 Å². The van der Waals surface area contributed by atoms with Gasteiger partial charge in [-0.05, 0) is 47.1 Å². The highest BCUT2D eigenvalue weighted by Gasteiger charge is 2.29. The minimum atomic E-state index is -0.501. The molecule has 1 atom stereocenters. The Morgan fingerprint density at radius 3 is 2.56 bits per heavy atom. The van der Waals surface area contributed by atoms with Crippen LogP contribution in [0.3, 0.4) is 0 Å². The monoisotopic (exact) mass is 374 g/mol. The van der Waals surface area contributed by atoms with E-state index >= 15 is 0 Å². The molecule has 1 N–H and O–H groups in total. The molecule has 8 nitrogen and oxygen atoms in total. The zero-order chi connectivity index (χ0) is 20.4. The van der Waals surface area contributed by atoms with Crippen molar-refractivity contribution in [3.05, 3.63) is 45.6 Å². The first-order chi connectivity index (χ1) is 12.6. The van der Waals surface area contributed by atoms with Gasteiger partial charge < -0.3 is 10.1 Å². The molecule has 0 aliphatic rings. The minimum Gasteiger partial charge on any atom is -0.432 e. The van der Waals surface area contributed by atoms with Gasteiger partial charge in [0.2, 0.25) is 11.6 Å². The van der Waals surface area contributed by atoms with Gasteiger partial charge in [0.15, 0.2) is 5.69 Å². The van der Waals surface area contributed by atoms with Crippen LogP contribution >= 0.6 is 0 Å². The highest BCUT2D eigenvalue weighted by molar-refractivity contribution is 5.94. The molecular formula is C19H26N4O4. The molecule has 0 saturated carbocycles. The van der Waals surface area contributed by atoms with E-state index in [9.17, 15) is 14.9 Å². The van der Waals surface area contributed by atoms with E-state index in [1.165, 1.54) is 12.1 Å². The number of benzene rings is 1. The first kappa shape index (κ1) is 20.4. The highest BCUT2D eigenvalue weighted by Crippen LogP contribution is 2.36. The summed E-state index contributed by atoms with van der Waals surface area (Å²) in [4.78, 5) is 23.4. The Labute approximate surface area is 158 Å². The van der Waals surface area contributed by atoms with Crippen LogP contribution in [0, 0.1) is 17.0 Å². The molecule has 1 amide bonds. The average Bonchev–Trinajstić information content (AvgIpc) is 2.92. The lowest BCUT2D eigenvalue weighted by Gasteiger charge is -2.22. The van der Waals surface area contributed by atoms with Gasteiger partial charge in [-0.2, -0.15) is 5.10 Å². The molecule has 1 aromatic heterocycles. The Hall–Kier alpha value is -2.90. The SMILES string of the molecule is CCC(C)NC(=O)c1nn(C(C)(C)C)c(Oc2ccccc2[N+](=O)[O-])c1C. The molecule has 0 aliphatic carbocycles. The number of aromatic nitrogens is 2. The molecule has 1 aromatic carbocycles. The summed E-state index contributed by atoms with van der Waals surface area (Å²) in [5, 5.41) is 18.6. The van der Waals surface area contributed by atoms with Crippen LogP contribution in [-0.4, -0.2) is 26.7 Å². The van der Waals surface area contributed by atoms with E-state index < -0.39 is 10.5 Å². The van der Waals surface area contributed by atoms with Gasteiger partial charge in [-0.1, -0.05) is 19.1 Å². The van der Waals surface area contributed by atoms with E-state index in [1.807, 2.05) is 34.6 Å². The number of carbonyl (C=O) groups excluding carboxylic acids is 1. The Bertz CT molecular complexity index is 852. The van der Waals surface area contributed by atoms with Crippen LogP contribution in [0.15, 0.2) is 24.3 Å². The Kier molecular flexibility index (Phi) is 5.88. The summed E-state index contributed by atoms with van der Waals surface area (Å²) < 4.78 is 7.49. The maximum atomic E-state index is 12.6. The van der Waals surface area contributed by atoms with Gasteiger partial charge in [0.25, 0.3) is 5.91 Å². The number of nitro groups is 1. The van der Waals surface area contributed by atoms with Crippen molar-refractivity contribution in [1.29, 1.82) is 0 Å². The molecule has 1 heterocycles. The van der Waals surface area contributed by atoms with E-state index in [2.05, 4.69) is 10.4 Å². The third-order valence-electron chi connectivity index (χ3n) is 4.18. The Morgan fingerprint density at radius 2 is 2.00 bits per heavy atom. The predicted molar refractivity (Wildman–Crippen MR) is 102 cm³/mol. The van der Waals surface area contributed by atoms with E-state index in [-0.39, 0.29) is 29.1 Å². The third kappa shape index (κ3) is 4.45. The van der Waals surface area contributed by atoms with Gasteiger partial charge in [0.05, 0.1) is 10.5 Å². The van der Waals surface area contributed by atoms with Gasteiger partial charge in [-0.25, -0.2) is 4.68 Å². The molecule has 0 radical (unpaired) electrons. The Balaban J connectivity index is 2.53. The minimum absolute atomic E-state index is 0.0104. The number of para-hydroxylation sites is 2. The van der Waals surface area contributed by atoms with Crippen molar-refractivity contribution in [3.8, 4) is 11.6 Å². The molecule has 0 fully saturated rings. The number of carbonyl (C=O) groups is 1. The number of nitrogens with zero attached hydrogens (tertiary/aromatic N) is 3. The lowest BCUT2D eigenvalue weighted by Crippen LogP contribution is -2.33. The lowest BCUT2D eigenvalue weighted by molar-refractivity contribution is -0.385. The maximum Gasteiger partial charge on any atom is 0.311 e. The summed E-state index contributed by atoms with van der Waals surface area (Å²) in [6.45, 7) is 11.4. The van der Waals surface area contributed by atoms with E-state index in [4.69, 9.17) is 4.74 Å². The van der Waals surface area contributed by atoms with Crippen molar-refractivity contribution < 1.29 is 14.5 Å². The molecule has 0 bridgehead atoms. The number of nitro benzene ring substituents is 1. The molecule has 27 heavy (non-hydrogen) atoms. The molecule has 0 spiro atoms. The number of nitrogens with one attached hydrogen (secondary N) is 1. The van der Waals surface area contributed by atoms with Gasteiger partial charge in [-0.3, -0.25) is 14.9 Å². The fourth-order valence-corrected chi connectivity index (χ4v) is 2.46. The van der Waals surface area contributed by atoms with Crippen molar-refractivity contribution in [2.45, 2.75) is 59.5 Å². The second-order valence-electron chi connectivity index (χ2n) is 7.47. The largest absolute Gasteiger partial charge is 0.432 e. The first-order valence-corrected chi connectivity index (χ1v) is 8.88. The van der Waals surface area contributed by atoms with Crippen molar-refractivity contribution in [1.82, 2.24) is 15.1 Å². The zero-order valence-electron chi connectivity index (χ0n) is 16.6. The van der Waals surface area contributed by atoms with Crippen LogP contribution in [0.2, 0.25) is 0 Å². The molecule has 8 heteroatoms. The van der Waals surface area contributed by atoms with E-state index in [0.29, 0.717) is 11.4 Å². The Morgan fingerprint density at radius 1 is 1.37 bits per heavy atom. The normalized spacial score (nSPS) is 12.5. The summed E-state index contributed by atoms with van der Waals surface area (Å²) in [7, 11) is 0. The summed E-state index contributed by atoms with van der Waals surface area (Å²) in [5.74, 6) is 0.119. The molecule has 146 valence electrons. The summed E-state index contributed by atoms with van der Waals surface area (Å²) in [6.07, 6.45) is 0.796. The number of hydrogen-bond acceptors (Lipinski definition) is 5. The maximum absolute atomic E-state index is 12.6. The predicted octanol–water partition coefficient (Wildman–Crippen LogP) is 4.18. The molecule has 1 unspecified atom stereocenters. The number of rotatable bonds is 6. The standard InChI is InChI=1S/C19H26N4O4/c1-7-12(2)20-17(24)16-13(3)18(22(21-16)19(4,5)6)27-15-11-9-8-10-14(15)23(25)26/h8-12H,7H2,1-6H3,(H,20,24). The molecule has 2 rings (SSSR count). The quantitative estimate of drug-likeness (QED) is 0.604. The van der Waals surface area contributed by atoms with Crippen LogP contribution in [0.25, 0.3) is 0 Å². The van der Waals surface area contributed by atoms with Crippen LogP contribution in [0.5, 0.6) is 11.6 Å². The van der Waals surface area contributed by atoms with E-state index in [1.54, 1.807) is 23.7 Å².